The molecule has 6 heteroatoms. The molecule has 1 aliphatic rings. The van der Waals surface area contributed by atoms with Crippen molar-refractivity contribution in [2.75, 3.05) is 11.1 Å². The smallest absolute Gasteiger partial charge is 0.129 e. The van der Waals surface area contributed by atoms with Gasteiger partial charge >= 0.3 is 0 Å². The molecule has 2 atom stereocenters. The highest BCUT2D eigenvalue weighted by Crippen LogP contribution is 2.47. The number of thioether (sulfide) groups is 1. The second kappa shape index (κ2) is 9.28. The number of nitrogens with zero attached hydrogens (tertiary/aromatic N) is 3. The van der Waals surface area contributed by atoms with Gasteiger partial charge in [0.2, 0.25) is 0 Å². The monoisotopic (exact) mass is 450 g/mol. The predicted molar refractivity (Wildman–Crippen MR) is 134 cm³/mol. The van der Waals surface area contributed by atoms with Gasteiger partial charge in [-0.05, 0) is 76.3 Å². The summed E-state index contributed by atoms with van der Waals surface area (Å²) in [6, 6.07) is 13.2. The summed E-state index contributed by atoms with van der Waals surface area (Å²) in [5.74, 6) is 2.13. The molecule has 3 aromatic rings. The summed E-state index contributed by atoms with van der Waals surface area (Å²) >= 11 is 1.97. The van der Waals surface area contributed by atoms with Crippen molar-refractivity contribution in [3.63, 3.8) is 0 Å². The average molecular weight is 451 g/mol. The SMILES string of the molecule is CCn1nc(-c2ccccn2)c2c1N[C@H](C)CS[C@H]2c1ccc(CCC(C)(C)O)cc1C. The molecule has 2 N–H and O–H groups in total. The lowest BCUT2D eigenvalue weighted by atomic mass is 9.93. The molecule has 0 aliphatic carbocycles. The molecule has 0 saturated heterocycles. The van der Waals surface area contributed by atoms with Crippen LogP contribution in [0.1, 0.15) is 61.6 Å². The molecule has 0 amide bonds. The minimum Gasteiger partial charge on any atom is -0.390 e. The summed E-state index contributed by atoms with van der Waals surface area (Å²) < 4.78 is 2.09. The Kier molecular flexibility index (Phi) is 6.63. The van der Waals surface area contributed by atoms with Crippen molar-refractivity contribution in [3.05, 3.63) is 64.8 Å². The minimum absolute atomic E-state index is 0.183. The third-order valence-corrected chi connectivity index (χ3v) is 7.51. The first-order valence-electron chi connectivity index (χ1n) is 11.5. The minimum atomic E-state index is -0.646. The van der Waals surface area contributed by atoms with Crippen LogP contribution in [0.25, 0.3) is 11.4 Å². The lowest BCUT2D eigenvalue weighted by molar-refractivity contribution is 0.0714. The van der Waals surface area contributed by atoms with E-state index in [0.29, 0.717) is 6.04 Å². The highest BCUT2D eigenvalue weighted by atomic mass is 32.2. The van der Waals surface area contributed by atoms with Gasteiger partial charge in [-0.15, -0.1) is 11.8 Å². The van der Waals surface area contributed by atoms with Crippen molar-refractivity contribution in [2.24, 2.45) is 0 Å². The van der Waals surface area contributed by atoms with Crippen molar-refractivity contribution in [1.82, 2.24) is 14.8 Å². The first kappa shape index (κ1) is 22.9. The molecule has 4 rings (SSSR count). The predicted octanol–water partition coefficient (Wildman–Crippen LogP) is 5.61. The zero-order chi connectivity index (χ0) is 22.9. The van der Waals surface area contributed by atoms with E-state index in [9.17, 15) is 5.11 Å². The molecule has 1 aromatic carbocycles. The maximum Gasteiger partial charge on any atom is 0.129 e. The quantitative estimate of drug-likeness (QED) is 0.511. The number of benzene rings is 1. The first-order valence-corrected chi connectivity index (χ1v) is 12.5. The van der Waals surface area contributed by atoms with E-state index in [-0.39, 0.29) is 5.25 Å². The lowest BCUT2D eigenvalue weighted by Gasteiger charge is -2.20. The van der Waals surface area contributed by atoms with E-state index >= 15 is 0 Å². The Hall–Kier alpha value is -2.31. The zero-order valence-electron chi connectivity index (χ0n) is 19.7. The number of hydrogen-bond donors (Lipinski definition) is 2. The number of fused-ring (bicyclic) bond motifs is 1. The molecule has 170 valence electrons. The molecular formula is C26H34N4OS. The fourth-order valence-electron chi connectivity index (χ4n) is 4.28. The fraction of sp³-hybridized carbons (Fsp3) is 0.462. The molecule has 3 heterocycles. The zero-order valence-corrected chi connectivity index (χ0v) is 20.5. The molecule has 0 unspecified atom stereocenters. The first-order chi connectivity index (χ1) is 15.3. The van der Waals surface area contributed by atoms with Gasteiger partial charge in [0.1, 0.15) is 11.5 Å². The van der Waals surface area contributed by atoms with Crippen LogP contribution in [0.3, 0.4) is 0 Å². The third-order valence-electron chi connectivity index (χ3n) is 6.00. The summed E-state index contributed by atoms with van der Waals surface area (Å²) in [6.07, 6.45) is 3.46. The van der Waals surface area contributed by atoms with E-state index < -0.39 is 5.60 Å². The molecule has 0 bridgehead atoms. The average Bonchev–Trinajstić information content (AvgIpc) is 3.02. The Morgan fingerprint density at radius 1 is 1.25 bits per heavy atom. The molecule has 32 heavy (non-hydrogen) atoms. The molecule has 1 aliphatic heterocycles. The van der Waals surface area contributed by atoms with Gasteiger partial charge in [-0.3, -0.25) is 4.98 Å². The number of aliphatic hydroxyl groups is 1. The normalized spacial score (nSPS) is 18.7. The molecule has 5 nitrogen and oxygen atoms in total. The standard InChI is InChI=1S/C26H34N4OS/c1-6-30-25-22(23(29-30)21-9-7-8-14-27-21)24(32-16-18(3)28-25)20-11-10-19(15-17(20)2)12-13-26(4,5)31/h7-11,14-15,18,24,28,31H,6,12-13,16H2,1-5H3/t18-,24+/m1/s1. The number of anilines is 1. The molecule has 0 fully saturated rings. The second-order valence-electron chi connectivity index (χ2n) is 9.40. The van der Waals surface area contributed by atoms with Gasteiger partial charge in [-0.2, -0.15) is 5.10 Å². The summed E-state index contributed by atoms with van der Waals surface area (Å²) in [5, 5.41) is 19.0. The summed E-state index contributed by atoms with van der Waals surface area (Å²) in [7, 11) is 0. The van der Waals surface area contributed by atoms with Gasteiger partial charge in [-0.1, -0.05) is 24.3 Å². The topological polar surface area (TPSA) is 63.0 Å². The lowest BCUT2D eigenvalue weighted by Crippen LogP contribution is -2.19. The Labute approximate surface area is 195 Å². The summed E-state index contributed by atoms with van der Waals surface area (Å²) in [5.41, 5.74) is 6.34. The number of aromatic nitrogens is 3. The van der Waals surface area contributed by atoms with Gasteiger partial charge in [-0.25, -0.2) is 4.68 Å². The van der Waals surface area contributed by atoms with Crippen LogP contribution < -0.4 is 5.32 Å². The Morgan fingerprint density at radius 3 is 2.72 bits per heavy atom. The van der Waals surface area contributed by atoms with Crippen LogP contribution in [0.2, 0.25) is 0 Å². The van der Waals surface area contributed by atoms with Crippen molar-refractivity contribution >= 4 is 17.6 Å². The van der Waals surface area contributed by atoms with Crippen molar-refractivity contribution in [3.8, 4) is 11.4 Å². The van der Waals surface area contributed by atoms with Gasteiger partial charge in [0, 0.05) is 30.1 Å². The maximum absolute atomic E-state index is 10.1. The third kappa shape index (κ3) is 4.86. The van der Waals surface area contributed by atoms with Gasteiger partial charge < -0.3 is 10.4 Å². The Morgan fingerprint density at radius 2 is 2.06 bits per heavy atom. The van der Waals surface area contributed by atoms with Crippen LogP contribution in [0.4, 0.5) is 5.82 Å². The van der Waals surface area contributed by atoms with Crippen LogP contribution in [0.15, 0.2) is 42.6 Å². The largest absolute Gasteiger partial charge is 0.390 e. The van der Waals surface area contributed by atoms with Gasteiger partial charge in [0.05, 0.1) is 16.5 Å². The maximum atomic E-state index is 10.1. The molecule has 0 spiro atoms. The van der Waals surface area contributed by atoms with E-state index in [1.165, 1.54) is 22.3 Å². The molecular weight excluding hydrogens is 416 g/mol. The number of nitrogens with one attached hydrogen (secondary N) is 1. The van der Waals surface area contributed by atoms with Crippen molar-refractivity contribution < 1.29 is 5.11 Å². The second-order valence-corrected chi connectivity index (χ2v) is 10.5. The molecule has 2 aromatic heterocycles. The number of pyridine rings is 1. The van der Waals surface area contributed by atoms with Crippen LogP contribution in [0.5, 0.6) is 0 Å². The van der Waals surface area contributed by atoms with Gasteiger partial charge in [0.15, 0.2) is 0 Å². The Balaban J connectivity index is 1.79. The van der Waals surface area contributed by atoms with Gasteiger partial charge in [0.25, 0.3) is 0 Å². The van der Waals surface area contributed by atoms with E-state index in [4.69, 9.17) is 5.10 Å². The summed E-state index contributed by atoms with van der Waals surface area (Å²) in [4.78, 5) is 4.63. The number of rotatable bonds is 6. The van der Waals surface area contributed by atoms with E-state index in [2.05, 4.69) is 54.0 Å². The Bertz CT molecular complexity index is 1070. The summed E-state index contributed by atoms with van der Waals surface area (Å²) in [6.45, 7) is 11.1. The molecule has 0 radical (unpaired) electrons. The van der Waals surface area contributed by atoms with E-state index in [1.54, 1.807) is 0 Å². The van der Waals surface area contributed by atoms with Crippen molar-refractivity contribution in [1.29, 1.82) is 0 Å². The van der Waals surface area contributed by atoms with E-state index in [1.807, 2.05) is 50.0 Å². The molecule has 0 saturated carbocycles. The van der Waals surface area contributed by atoms with Crippen LogP contribution in [0, 0.1) is 6.92 Å². The van der Waals surface area contributed by atoms with Crippen LogP contribution in [-0.2, 0) is 13.0 Å². The number of aryl methyl sites for hydroxylation is 3. The van der Waals surface area contributed by atoms with Crippen LogP contribution >= 0.6 is 11.8 Å². The van der Waals surface area contributed by atoms with Crippen LogP contribution in [-0.4, -0.2) is 37.3 Å². The fourth-order valence-corrected chi connectivity index (χ4v) is 5.68. The van der Waals surface area contributed by atoms with Crippen molar-refractivity contribution in [2.45, 2.75) is 70.9 Å². The number of hydrogen-bond acceptors (Lipinski definition) is 5. The highest BCUT2D eigenvalue weighted by Gasteiger charge is 2.32. The highest BCUT2D eigenvalue weighted by molar-refractivity contribution is 7.99. The van der Waals surface area contributed by atoms with E-state index in [0.717, 1.165) is 42.3 Å².